The van der Waals surface area contributed by atoms with Crippen molar-refractivity contribution in [3.05, 3.63) is 35.1 Å². The molecule has 0 fully saturated rings. The second-order valence-corrected chi connectivity index (χ2v) is 6.79. The van der Waals surface area contributed by atoms with E-state index in [1.807, 2.05) is 19.1 Å². The third kappa shape index (κ3) is 4.10. The first kappa shape index (κ1) is 20.8. The summed E-state index contributed by atoms with van der Waals surface area (Å²) in [7, 11) is 3.16. The molecule has 2 aromatic carbocycles. The van der Waals surface area contributed by atoms with Crippen LogP contribution in [-0.2, 0) is 4.74 Å². The van der Waals surface area contributed by atoms with Gasteiger partial charge in [0.05, 0.1) is 29.8 Å². The van der Waals surface area contributed by atoms with Crippen LogP contribution in [0, 0.1) is 11.8 Å². The minimum atomic E-state index is 0.0688. The molecular formula is C22H20ClN3O5. The molecule has 0 radical (unpaired) electrons. The molecule has 0 unspecified atom stereocenters. The predicted molar refractivity (Wildman–Crippen MR) is 117 cm³/mol. The highest BCUT2D eigenvalue weighted by molar-refractivity contribution is 6.34. The van der Waals surface area contributed by atoms with Crippen LogP contribution in [0.15, 0.2) is 24.5 Å². The van der Waals surface area contributed by atoms with E-state index in [9.17, 15) is 0 Å². The lowest BCUT2D eigenvalue weighted by Crippen LogP contribution is -2.01. The van der Waals surface area contributed by atoms with Gasteiger partial charge in [0.25, 0.3) is 0 Å². The molecule has 31 heavy (non-hydrogen) atoms. The number of hydrogen-bond acceptors (Lipinski definition) is 8. The molecule has 1 N–H and O–H groups in total. The van der Waals surface area contributed by atoms with Crippen LogP contribution in [0.5, 0.6) is 23.0 Å². The zero-order valence-corrected chi connectivity index (χ0v) is 18.0. The Morgan fingerprint density at radius 3 is 2.74 bits per heavy atom. The normalized spacial score (nSPS) is 11.7. The average molecular weight is 442 g/mol. The molecule has 0 aliphatic carbocycles. The summed E-state index contributed by atoms with van der Waals surface area (Å²) in [5.41, 5.74) is 1.84. The Hall–Kier alpha value is -3.41. The van der Waals surface area contributed by atoms with E-state index in [2.05, 4.69) is 27.1 Å². The number of methoxy groups -OCH3 is 2. The Balaban J connectivity index is 1.78. The van der Waals surface area contributed by atoms with Crippen LogP contribution >= 0.6 is 11.6 Å². The molecule has 4 rings (SSSR count). The fraction of sp³-hybridized carbons (Fsp3) is 0.273. The van der Waals surface area contributed by atoms with Crippen LogP contribution in [0.25, 0.3) is 10.9 Å². The number of fused-ring (bicyclic) bond motifs is 2. The van der Waals surface area contributed by atoms with Crippen molar-refractivity contribution < 1.29 is 23.7 Å². The quantitative estimate of drug-likeness (QED) is 0.571. The molecule has 0 amide bonds. The number of halogens is 1. The molecule has 8 nitrogen and oxygen atoms in total. The lowest BCUT2D eigenvalue weighted by molar-refractivity contribution is 0.174. The van der Waals surface area contributed by atoms with Gasteiger partial charge in [0.15, 0.2) is 23.0 Å². The van der Waals surface area contributed by atoms with Crippen molar-refractivity contribution in [3.63, 3.8) is 0 Å². The Kier molecular flexibility index (Phi) is 6.16. The third-order valence-corrected chi connectivity index (χ3v) is 4.80. The van der Waals surface area contributed by atoms with E-state index in [1.165, 1.54) is 6.33 Å². The molecule has 160 valence electrons. The Morgan fingerprint density at radius 1 is 1.13 bits per heavy atom. The topological polar surface area (TPSA) is 84.0 Å². The zero-order chi connectivity index (χ0) is 21.8. The second kappa shape index (κ2) is 9.16. The minimum absolute atomic E-state index is 0.0688. The Bertz CT molecular complexity index is 1190. The summed E-state index contributed by atoms with van der Waals surface area (Å²) in [6.07, 6.45) is 1.46. The number of anilines is 2. The Labute approximate surface area is 184 Å². The molecule has 0 spiro atoms. The maximum Gasteiger partial charge on any atom is 0.231 e. The van der Waals surface area contributed by atoms with Gasteiger partial charge in [-0.3, -0.25) is 0 Å². The molecule has 0 saturated carbocycles. The fourth-order valence-electron chi connectivity index (χ4n) is 3.16. The summed E-state index contributed by atoms with van der Waals surface area (Å²) in [4.78, 5) is 8.73. The number of aromatic nitrogens is 2. The van der Waals surface area contributed by atoms with E-state index < -0.39 is 0 Å². The van der Waals surface area contributed by atoms with Crippen LogP contribution in [0.2, 0.25) is 5.02 Å². The molecular weight excluding hydrogens is 422 g/mol. The van der Waals surface area contributed by atoms with Crippen LogP contribution in [0.1, 0.15) is 12.5 Å². The average Bonchev–Trinajstić information content (AvgIpc) is 3.26. The summed E-state index contributed by atoms with van der Waals surface area (Å²) >= 11 is 6.57. The maximum absolute atomic E-state index is 6.57. The largest absolute Gasteiger partial charge is 0.493 e. The van der Waals surface area contributed by atoms with Crippen LogP contribution in [0.3, 0.4) is 0 Å². The van der Waals surface area contributed by atoms with Gasteiger partial charge in [-0.05, 0) is 19.1 Å². The Morgan fingerprint density at radius 2 is 1.97 bits per heavy atom. The van der Waals surface area contributed by atoms with Gasteiger partial charge in [-0.25, -0.2) is 9.97 Å². The first-order valence-electron chi connectivity index (χ1n) is 9.48. The van der Waals surface area contributed by atoms with E-state index in [-0.39, 0.29) is 6.79 Å². The van der Waals surface area contributed by atoms with Gasteiger partial charge >= 0.3 is 0 Å². The van der Waals surface area contributed by atoms with Gasteiger partial charge in [-0.1, -0.05) is 23.4 Å². The summed E-state index contributed by atoms with van der Waals surface area (Å²) in [5, 5.41) is 4.40. The highest BCUT2D eigenvalue weighted by Gasteiger charge is 2.25. The smallest absolute Gasteiger partial charge is 0.231 e. The summed E-state index contributed by atoms with van der Waals surface area (Å²) in [5.74, 6) is 8.59. The number of rotatable bonds is 6. The molecule has 0 saturated heterocycles. The molecule has 0 bridgehead atoms. The maximum atomic E-state index is 6.57. The van der Waals surface area contributed by atoms with Gasteiger partial charge in [-0.2, -0.15) is 0 Å². The van der Waals surface area contributed by atoms with Crippen molar-refractivity contribution in [1.29, 1.82) is 0 Å². The lowest BCUT2D eigenvalue weighted by atomic mass is 10.1. The number of nitrogens with zero attached hydrogens (tertiary/aromatic N) is 2. The molecule has 1 aliphatic rings. The number of ether oxygens (including phenoxy) is 5. The minimum Gasteiger partial charge on any atom is -0.493 e. The first-order valence-corrected chi connectivity index (χ1v) is 9.86. The van der Waals surface area contributed by atoms with Crippen molar-refractivity contribution in [3.8, 4) is 34.8 Å². The highest BCUT2D eigenvalue weighted by atomic mass is 35.5. The molecule has 3 aromatic rings. The fourth-order valence-corrected chi connectivity index (χ4v) is 3.40. The van der Waals surface area contributed by atoms with Gasteiger partial charge in [-0.15, -0.1) is 0 Å². The van der Waals surface area contributed by atoms with E-state index in [4.69, 9.17) is 35.3 Å². The molecule has 2 heterocycles. The SMILES string of the molecule is CCOc1cc2ncnc(Nc3c(Cl)cc(C#CCOC)c4c3OCO4)c2cc1OC. The standard InChI is InChI=1S/C22H20ClN3O5/c1-4-29-18-10-16-14(9-17(18)28-3)22(25-11-24-16)26-19-15(23)8-13(6-5-7-27-2)20-21(19)31-12-30-20/h8-11H,4,7,12H2,1-3H3,(H,24,25,26). The van der Waals surface area contributed by atoms with Crippen LogP contribution < -0.4 is 24.3 Å². The molecule has 1 aromatic heterocycles. The van der Waals surface area contributed by atoms with E-state index in [1.54, 1.807) is 20.3 Å². The van der Waals surface area contributed by atoms with Crippen LogP contribution in [0.4, 0.5) is 11.5 Å². The summed E-state index contributed by atoms with van der Waals surface area (Å²) < 4.78 is 27.4. The van der Waals surface area contributed by atoms with Crippen molar-refractivity contribution in [2.24, 2.45) is 0 Å². The van der Waals surface area contributed by atoms with Crippen molar-refractivity contribution in [2.75, 3.05) is 39.5 Å². The molecule has 0 atom stereocenters. The van der Waals surface area contributed by atoms with E-state index in [0.29, 0.717) is 63.8 Å². The number of hydrogen-bond donors (Lipinski definition) is 1. The van der Waals surface area contributed by atoms with Crippen molar-refractivity contribution >= 4 is 34.0 Å². The number of nitrogens with one attached hydrogen (secondary N) is 1. The lowest BCUT2D eigenvalue weighted by Gasteiger charge is -2.15. The van der Waals surface area contributed by atoms with Crippen molar-refractivity contribution in [2.45, 2.75) is 6.92 Å². The predicted octanol–water partition coefficient (Wildman–Crippen LogP) is 4.16. The third-order valence-electron chi connectivity index (χ3n) is 4.50. The molecule has 9 heteroatoms. The first-order chi connectivity index (χ1) is 15.2. The van der Waals surface area contributed by atoms with Gasteiger partial charge < -0.3 is 29.0 Å². The van der Waals surface area contributed by atoms with Crippen LogP contribution in [-0.4, -0.2) is 44.2 Å². The summed E-state index contributed by atoms with van der Waals surface area (Å²) in [6.45, 7) is 2.78. The summed E-state index contributed by atoms with van der Waals surface area (Å²) in [6, 6.07) is 5.35. The van der Waals surface area contributed by atoms with Gasteiger partial charge in [0.2, 0.25) is 6.79 Å². The van der Waals surface area contributed by atoms with Crippen molar-refractivity contribution in [1.82, 2.24) is 9.97 Å². The van der Waals surface area contributed by atoms with E-state index in [0.717, 1.165) is 5.39 Å². The van der Waals surface area contributed by atoms with Gasteiger partial charge in [0.1, 0.15) is 24.4 Å². The second-order valence-electron chi connectivity index (χ2n) is 6.38. The molecule has 1 aliphatic heterocycles. The van der Waals surface area contributed by atoms with E-state index >= 15 is 0 Å². The highest BCUT2D eigenvalue weighted by Crippen LogP contribution is 2.47. The monoisotopic (exact) mass is 441 g/mol. The van der Waals surface area contributed by atoms with Gasteiger partial charge in [0, 0.05) is 18.6 Å². The zero-order valence-electron chi connectivity index (χ0n) is 17.2. The number of benzene rings is 2.